The number of nitrogens with zero attached hydrogens (tertiary/aromatic N) is 2. The predicted octanol–water partition coefficient (Wildman–Crippen LogP) is 5.17. The number of benzene rings is 3. The van der Waals surface area contributed by atoms with Crippen LogP contribution in [-0.2, 0) is 6.54 Å². The molecule has 0 aliphatic carbocycles. The number of carbonyl (C=O) groups excluding carboxylic acids is 1. The Balaban J connectivity index is 1.44. The lowest BCUT2D eigenvalue weighted by atomic mass is 10.1. The molecule has 0 radical (unpaired) electrons. The zero-order valence-corrected chi connectivity index (χ0v) is 16.6. The van der Waals surface area contributed by atoms with Crippen LogP contribution in [0.5, 0.6) is 11.8 Å². The third kappa shape index (κ3) is 4.89. The van der Waals surface area contributed by atoms with E-state index in [2.05, 4.69) is 21.4 Å². The Morgan fingerprint density at radius 3 is 2.40 bits per heavy atom. The highest BCUT2D eigenvalue weighted by atomic mass is 16.5. The largest absolute Gasteiger partial charge is 0.424 e. The molecule has 0 atom stereocenters. The molecule has 1 N–H and O–H groups in total. The Bertz CT molecular complexity index is 1140. The first-order valence-electron chi connectivity index (χ1n) is 9.66. The van der Waals surface area contributed by atoms with E-state index in [1.54, 1.807) is 18.5 Å². The summed E-state index contributed by atoms with van der Waals surface area (Å²) in [5.41, 5.74) is 4.50. The zero-order chi connectivity index (χ0) is 20.8. The van der Waals surface area contributed by atoms with Gasteiger partial charge in [-0.25, -0.2) is 9.97 Å². The van der Waals surface area contributed by atoms with Gasteiger partial charge in [-0.1, -0.05) is 60.2 Å². The summed E-state index contributed by atoms with van der Waals surface area (Å²) >= 11 is 0. The van der Waals surface area contributed by atoms with Crippen LogP contribution in [0.25, 0.3) is 11.1 Å². The van der Waals surface area contributed by atoms with Gasteiger partial charge < -0.3 is 10.1 Å². The number of nitrogens with one attached hydrogen (secondary N) is 1. The van der Waals surface area contributed by atoms with Gasteiger partial charge in [0.25, 0.3) is 5.91 Å². The van der Waals surface area contributed by atoms with Crippen LogP contribution in [-0.4, -0.2) is 15.9 Å². The third-order valence-electron chi connectivity index (χ3n) is 4.57. The number of amides is 1. The highest BCUT2D eigenvalue weighted by molar-refractivity contribution is 5.95. The molecule has 4 rings (SSSR count). The topological polar surface area (TPSA) is 64.1 Å². The normalized spacial score (nSPS) is 10.4. The van der Waals surface area contributed by atoms with Crippen molar-refractivity contribution in [2.45, 2.75) is 13.5 Å². The first-order chi connectivity index (χ1) is 14.7. The predicted molar refractivity (Wildman–Crippen MR) is 116 cm³/mol. The molecule has 0 bridgehead atoms. The van der Waals surface area contributed by atoms with Gasteiger partial charge >= 0.3 is 6.01 Å². The summed E-state index contributed by atoms with van der Waals surface area (Å²) in [5.74, 6) is 0.556. The Morgan fingerprint density at radius 2 is 1.63 bits per heavy atom. The molecule has 0 saturated heterocycles. The van der Waals surface area contributed by atoms with Crippen molar-refractivity contribution >= 4 is 5.91 Å². The average molecular weight is 395 g/mol. The average Bonchev–Trinajstić information content (AvgIpc) is 2.79. The van der Waals surface area contributed by atoms with Gasteiger partial charge in [0.15, 0.2) is 0 Å². The van der Waals surface area contributed by atoms with Crippen molar-refractivity contribution in [3.8, 4) is 22.9 Å². The molecule has 1 aromatic heterocycles. The Morgan fingerprint density at radius 1 is 0.867 bits per heavy atom. The quantitative estimate of drug-likeness (QED) is 0.489. The zero-order valence-electron chi connectivity index (χ0n) is 16.6. The van der Waals surface area contributed by atoms with Crippen LogP contribution in [0, 0.1) is 6.92 Å². The molecular weight excluding hydrogens is 374 g/mol. The van der Waals surface area contributed by atoms with E-state index >= 15 is 0 Å². The maximum atomic E-state index is 12.6. The molecule has 30 heavy (non-hydrogen) atoms. The van der Waals surface area contributed by atoms with Gasteiger partial charge in [0, 0.05) is 30.1 Å². The molecule has 0 spiro atoms. The second-order valence-electron chi connectivity index (χ2n) is 6.92. The van der Waals surface area contributed by atoms with Crippen molar-refractivity contribution in [2.75, 3.05) is 0 Å². The summed E-state index contributed by atoms with van der Waals surface area (Å²) in [5, 5.41) is 2.97. The molecule has 5 nitrogen and oxygen atoms in total. The van der Waals surface area contributed by atoms with Crippen molar-refractivity contribution in [1.82, 2.24) is 15.3 Å². The molecule has 4 aromatic rings. The molecule has 148 valence electrons. The second kappa shape index (κ2) is 9.01. The number of carbonyl (C=O) groups is 1. The summed E-state index contributed by atoms with van der Waals surface area (Å²) < 4.78 is 5.63. The molecule has 0 aliphatic heterocycles. The summed E-state index contributed by atoms with van der Waals surface area (Å²) in [6, 6.07) is 25.1. The van der Waals surface area contributed by atoms with Gasteiger partial charge in [-0.2, -0.15) is 0 Å². The molecule has 0 fully saturated rings. The van der Waals surface area contributed by atoms with Crippen molar-refractivity contribution in [3.63, 3.8) is 0 Å². The van der Waals surface area contributed by atoms with E-state index in [0.29, 0.717) is 17.9 Å². The van der Waals surface area contributed by atoms with Crippen LogP contribution < -0.4 is 10.1 Å². The number of para-hydroxylation sites is 1. The van der Waals surface area contributed by atoms with E-state index in [9.17, 15) is 4.79 Å². The van der Waals surface area contributed by atoms with Crippen LogP contribution in [0.2, 0.25) is 0 Å². The number of hydrogen-bond acceptors (Lipinski definition) is 4. The van der Waals surface area contributed by atoms with Crippen molar-refractivity contribution in [1.29, 1.82) is 0 Å². The second-order valence-corrected chi connectivity index (χ2v) is 6.92. The number of rotatable bonds is 6. The van der Waals surface area contributed by atoms with E-state index in [4.69, 9.17) is 4.74 Å². The van der Waals surface area contributed by atoms with E-state index in [0.717, 1.165) is 16.7 Å². The fraction of sp³-hybridized carbons (Fsp3) is 0.0800. The SMILES string of the molecule is Cc1cccc(CNC(=O)c2cccc(-c3cnc(Oc4ccccc4)nc3)c2)c1. The first kappa shape index (κ1) is 19.3. The molecular formula is C25H21N3O2. The maximum absolute atomic E-state index is 12.6. The lowest BCUT2D eigenvalue weighted by Gasteiger charge is -2.08. The Hall–Kier alpha value is -3.99. The smallest absolute Gasteiger partial charge is 0.321 e. The van der Waals surface area contributed by atoms with E-state index < -0.39 is 0 Å². The van der Waals surface area contributed by atoms with Crippen LogP contribution in [0.4, 0.5) is 0 Å². The molecule has 0 unspecified atom stereocenters. The maximum Gasteiger partial charge on any atom is 0.321 e. The van der Waals surface area contributed by atoms with Crippen molar-refractivity contribution in [3.05, 3.63) is 108 Å². The fourth-order valence-electron chi connectivity index (χ4n) is 3.06. The summed E-state index contributed by atoms with van der Waals surface area (Å²) in [6.07, 6.45) is 3.38. The molecule has 5 heteroatoms. The Labute approximate surface area is 175 Å². The molecule has 3 aromatic carbocycles. The third-order valence-corrected chi connectivity index (χ3v) is 4.57. The number of aryl methyl sites for hydroxylation is 1. The summed E-state index contributed by atoms with van der Waals surface area (Å²) in [7, 11) is 0. The highest BCUT2D eigenvalue weighted by Gasteiger charge is 2.08. The number of aromatic nitrogens is 2. The van der Waals surface area contributed by atoms with Crippen molar-refractivity contribution in [2.24, 2.45) is 0 Å². The van der Waals surface area contributed by atoms with E-state index in [1.165, 1.54) is 5.56 Å². The molecule has 1 amide bonds. The number of ether oxygens (including phenoxy) is 1. The molecule has 0 saturated carbocycles. The van der Waals surface area contributed by atoms with Gasteiger partial charge in [0.2, 0.25) is 0 Å². The lowest BCUT2D eigenvalue weighted by Crippen LogP contribution is -2.22. The Kier molecular flexibility index (Phi) is 5.80. The van der Waals surface area contributed by atoms with Crippen LogP contribution in [0.1, 0.15) is 21.5 Å². The molecule has 0 aliphatic rings. The minimum atomic E-state index is -0.122. The minimum absolute atomic E-state index is 0.122. The standard InChI is InChI=1S/C25H21N3O2/c1-18-7-5-8-19(13-18)15-26-24(29)21-10-6-9-20(14-21)22-16-27-25(28-17-22)30-23-11-3-2-4-12-23/h2-14,16-17H,15H2,1H3,(H,26,29). The highest BCUT2D eigenvalue weighted by Crippen LogP contribution is 2.22. The van der Waals surface area contributed by atoms with E-state index in [1.807, 2.05) is 73.7 Å². The first-order valence-corrected chi connectivity index (χ1v) is 9.66. The lowest BCUT2D eigenvalue weighted by molar-refractivity contribution is 0.0951. The molecule has 1 heterocycles. The fourth-order valence-corrected chi connectivity index (χ4v) is 3.06. The monoisotopic (exact) mass is 395 g/mol. The van der Waals surface area contributed by atoms with E-state index in [-0.39, 0.29) is 11.9 Å². The van der Waals surface area contributed by atoms with Gasteiger partial charge in [-0.3, -0.25) is 4.79 Å². The van der Waals surface area contributed by atoms with Gasteiger partial charge in [-0.05, 0) is 42.3 Å². The number of hydrogen-bond donors (Lipinski definition) is 1. The minimum Gasteiger partial charge on any atom is -0.424 e. The van der Waals surface area contributed by atoms with Gasteiger partial charge in [0.05, 0.1) is 0 Å². The summed E-state index contributed by atoms with van der Waals surface area (Å²) in [4.78, 5) is 21.1. The van der Waals surface area contributed by atoms with Crippen LogP contribution >= 0.6 is 0 Å². The van der Waals surface area contributed by atoms with Gasteiger partial charge in [-0.15, -0.1) is 0 Å². The van der Waals surface area contributed by atoms with Crippen LogP contribution in [0.3, 0.4) is 0 Å². The van der Waals surface area contributed by atoms with Crippen LogP contribution in [0.15, 0.2) is 91.3 Å². The van der Waals surface area contributed by atoms with Crippen molar-refractivity contribution < 1.29 is 9.53 Å². The van der Waals surface area contributed by atoms with Gasteiger partial charge in [0.1, 0.15) is 5.75 Å². The summed E-state index contributed by atoms with van der Waals surface area (Å²) in [6.45, 7) is 2.52.